The van der Waals surface area contributed by atoms with E-state index in [9.17, 15) is 4.39 Å². The Kier molecular flexibility index (Phi) is 5.09. The summed E-state index contributed by atoms with van der Waals surface area (Å²) in [5.74, 6) is -0.132. The van der Waals surface area contributed by atoms with Gasteiger partial charge in [-0.25, -0.2) is 4.39 Å². The Morgan fingerprint density at radius 2 is 1.89 bits per heavy atom. The topological polar surface area (TPSA) is 12.0 Å². The van der Waals surface area contributed by atoms with Crippen molar-refractivity contribution in [1.82, 2.24) is 5.32 Å². The molecule has 1 aromatic rings. The van der Waals surface area contributed by atoms with Crippen LogP contribution in [0.15, 0.2) is 18.2 Å². The Bertz CT molecular complexity index is 404. The van der Waals surface area contributed by atoms with Gasteiger partial charge in [-0.1, -0.05) is 18.2 Å². The Hall–Kier alpha value is -1.15. The van der Waals surface area contributed by atoms with Crippen molar-refractivity contribution in [2.45, 2.75) is 46.6 Å². The van der Waals surface area contributed by atoms with Gasteiger partial charge in [0.25, 0.3) is 0 Å². The Morgan fingerprint density at radius 3 is 2.44 bits per heavy atom. The minimum Gasteiger partial charge on any atom is -0.312 e. The summed E-state index contributed by atoms with van der Waals surface area (Å²) in [6.45, 7) is 11.2. The van der Waals surface area contributed by atoms with Crippen molar-refractivity contribution in [2.75, 3.05) is 6.54 Å². The summed E-state index contributed by atoms with van der Waals surface area (Å²) in [7, 11) is 0. The summed E-state index contributed by atoms with van der Waals surface area (Å²) in [4.78, 5) is 0. The molecule has 0 fully saturated rings. The van der Waals surface area contributed by atoms with Crippen LogP contribution in [0.2, 0.25) is 0 Å². The van der Waals surface area contributed by atoms with Crippen molar-refractivity contribution in [3.8, 4) is 0 Å². The van der Waals surface area contributed by atoms with Crippen LogP contribution in [0.5, 0.6) is 0 Å². The van der Waals surface area contributed by atoms with Crippen molar-refractivity contribution in [1.29, 1.82) is 0 Å². The summed E-state index contributed by atoms with van der Waals surface area (Å²) in [6.07, 6.45) is 4.82. The van der Waals surface area contributed by atoms with Crippen LogP contribution in [0.4, 0.5) is 4.39 Å². The lowest BCUT2D eigenvalue weighted by molar-refractivity contribution is 0.431. The van der Waals surface area contributed by atoms with E-state index in [1.165, 1.54) is 0 Å². The van der Waals surface area contributed by atoms with E-state index in [4.69, 9.17) is 0 Å². The largest absolute Gasteiger partial charge is 0.312 e. The predicted octanol–water partition coefficient (Wildman–Crippen LogP) is 4.23. The summed E-state index contributed by atoms with van der Waals surface area (Å²) in [5, 5.41) is 3.40. The predicted molar refractivity (Wildman–Crippen MR) is 77.3 cm³/mol. The van der Waals surface area contributed by atoms with Gasteiger partial charge in [-0.2, -0.15) is 0 Å². The molecule has 0 atom stereocenters. The molecule has 18 heavy (non-hydrogen) atoms. The molecule has 0 saturated carbocycles. The lowest BCUT2D eigenvalue weighted by Gasteiger charge is -2.19. The number of nitrogens with one attached hydrogen (secondary N) is 1. The second kappa shape index (κ2) is 6.14. The molecular weight excluding hydrogens is 225 g/mol. The van der Waals surface area contributed by atoms with Crippen molar-refractivity contribution < 1.29 is 4.39 Å². The molecule has 0 aliphatic rings. The molecule has 0 aliphatic carbocycles. The first kappa shape index (κ1) is 14.9. The van der Waals surface area contributed by atoms with Gasteiger partial charge in [0, 0.05) is 11.1 Å². The van der Waals surface area contributed by atoms with Gasteiger partial charge >= 0.3 is 0 Å². The van der Waals surface area contributed by atoms with E-state index in [-0.39, 0.29) is 11.4 Å². The van der Waals surface area contributed by atoms with Gasteiger partial charge in [-0.3, -0.25) is 0 Å². The van der Waals surface area contributed by atoms with E-state index in [0.29, 0.717) is 5.56 Å². The van der Waals surface area contributed by atoms with Crippen LogP contribution in [-0.2, 0) is 0 Å². The standard InChI is InChI=1S/C16H24FN/c1-12-10-13(2)14(15(17)11-12)8-6-7-9-18-16(3,4)5/h6,8,10-11,18H,7,9H2,1-5H3/b8-6+. The summed E-state index contributed by atoms with van der Waals surface area (Å²) in [6, 6.07) is 3.59. The van der Waals surface area contributed by atoms with Gasteiger partial charge in [0.15, 0.2) is 0 Å². The highest BCUT2D eigenvalue weighted by molar-refractivity contribution is 5.55. The maximum absolute atomic E-state index is 13.7. The molecular formula is C16H24FN. The van der Waals surface area contributed by atoms with E-state index < -0.39 is 0 Å². The minimum absolute atomic E-state index is 0.132. The normalized spacial score (nSPS) is 12.3. The molecule has 2 heteroatoms. The van der Waals surface area contributed by atoms with Gasteiger partial charge < -0.3 is 5.32 Å². The number of rotatable bonds is 4. The third kappa shape index (κ3) is 5.01. The maximum Gasteiger partial charge on any atom is 0.130 e. The van der Waals surface area contributed by atoms with Crippen LogP contribution in [0.25, 0.3) is 6.08 Å². The molecule has 0 spiro atoms. The van der Waals surface area contributed by atoms with E-state index in [2.05, 4.69) is 26.1 Å². The highest BCUT2D eigenvalue weighted by Crippen LogP contribution is 2.17. The average molecular weight is 249 g/mol. The SMILES string of the molecule is Cc1cc(C)c(/C=C/CCNC(C)(C)C)c(F)c1. The molecule has 100 valence electrons. The second-order valence-electron chi connectivity index (χ2n) is 5.85. The number of aryl methyl sites for hydroxylation is 2. The first-order valence-electron chi connectivity index (χ1n) is 6.48. The lowest BCUT2D eigenvalue weighted by Crippen LogP contribution is -2.36. The molecule has 0 bridgehead atoms. The molecule has 1 N–H and O–H groups in total. The number of halogens is 1. The third-order valence-electron chi connectivity index (χ3n) is 2.73. The van der Waals surface area contributed by atoms with Crippen LogP contribution >= 0.6 is 0 Å². The fourth-order valence-electron chi connectivity index (χ4n) is 1.87. The Morgan fingerprint density at radius 1 is 1.22 bits per heavy atom. The van der Waals surface area contributed by atoms with Crippen LogP contribution < -0.4 is 5.32 Å². The fraction of sp³-hybridized carbons (Fsp3) is 0.500. The van der Waals surface area contributed by atoms with E-state index in [1.54, 1.807) is 6.07 Å². The number of hydrogen-bond acceptors (Lipinski definition) is 1. The Balaban J connectivity index is 2.58. The molecule has 1 aromatic carbocycles. The van der Waals surface area contributed by atoms with Gasteiger partial charge in [0.1, 0.15) is 5.82 Å². The second-order valence-corrected chi connectivity index (χ2v) is 5.85. The summed E-state index contributed by atoms with van der Waals surface area (Å²) >= 11 is 0. The zero-order valence-electron chi connectivity index (χ0n) is 12.1. The van der Waals surface area contributed by atoms with E-state index in [1.807, 2.05) is 32.1 Å². The molecule has 1 nitrogen and oxygen atoms in total. The molecule has 0 radical (unpaired) electrons. The third-order valence-corrected chi connectivity index (χ3v) is 2.73. The summed E-state index contributed by atoms with van der Waals surface area (Å²) < 4.78 is 13.7. The van der Waals surface area contributed by atoms with Crippen LogP contribution in [0, 0.1) is 19.7 Å². The van der Waals surface area contributed by atoms with Crippen molar-refractivity contribution >= 4 is 6.08 Å². The zero-order chi connectivity index (χ0) is 13.8. The fourth-order valence-corrected chi connectivity index (χ4v) is 1.87. The quantitative estimate of drug-likeness (QED) is 0.787. The van der Waals surface area contributed by atoms with E-state index in [0.717, 1.165) is 24.1 Å². The molecule has 0 aromatic heterocycles. The number of hydrogen-bond donors (Lipinski definition) is 1. The first-order chi connectivity index (χ1) is 8.29. The Labute approximate surface area is 110 Å². The maximum atomic E-state index is 13.7. The van der Waals surface area contributed by atoms with Gasteiger partial charge in [-0.05, 0) is 64.8 Å². The monoisotopic (exact) mass is 249 g/mol. The molecule has 0 unspecified atom stereocenters. The number of benzene rings is 1. The van der Waals surface area contributed by atoms with E-state index >= 15 is 0 Å². The zero-order valence-corrected chi connectivity index (χ0v) is 12.1. The van der Waals surface area contributed by atoms with Crippen LogP contribution in [0.3, 0.4) is 0 Å². The van der Waals surface area contributed by atoms with Crippen LogP contribution in [-0.4, -0.2) is 12.1 Å². The molecule has 0 saturated heterocycles. The average Bonchev–Trinajstić information content (AvgIpc) is 2.19. The first-order valence-corrected chi connectivity index (χ1v) is 6.48. The lowest BCUT2D eigenvalue weighted by atomic mass is 10.0. The molecule has 1 rings (SSSR count). The van der Waals surface area contributed by atoms with Crippen LogP contribution in [0.1, 0.15) is 43.9 Å². The van der Waals surface area contributed by atoms with Crippen molar-refractivity contribution in [2.24, 2.45) is 0 Å². The molecule has 0 aliphatic heterocycles. The van der Waals surface area contributed by atoms with Gasteiger partial charge in [0.05, 0.1) is 0 Å². The smallest absolute Gasteiger partial charge is 0.130 e. The molecule has 0 heterocycles. The van der Waals surface area contributed by atoms with Crippen molar-refractivity contribution in [3.05, 3.63) is 40.7 Å². The van der Waals surface area contributed by atoms with Crippen molar-refractivity contribution in [3.63, 3.8) is 0 Å². The highest BCUT2D eigenvalue weighted by atomic mass is 19.1. The van der Waals surface area contributed by atoms with Gasteiger partial charge in [0.2, 0.25) is 0 Å². The molecule has 0 amide bonds. The summed E-state index contributed by atoms with van der Waals surface area (Å²) in [5.41, 5.74) is 2.80. The minimum atomic E-state index is -0.132. The highest BCUT2D eigenvalue weighted by Gasteiger charge is 2.06. The van der Waals surface area contributed by atoms with Gasteiger partial charge in [-0.15, -0.1) is 0 Å².